The fourth-order valence-corrected chi connectivity index (χ4v) is 1.16. The number of nitrogens with zero attached hydrogens (tertiary/aromatic N) is 3. The quantitative estimate of drug-likeness (QED) is 0.255. The monoisotopic (exact) mass is 217 g/mol. The molecule has 0 heterocycles. The standard InChI is InChI=1S/C11H11N3O2/c1-16-11(15)10(8-13-14-12)7-9-5-3-2-4-6-9/h2-7H,8H2,1H3/b10-7-. The molecule has 0 aliphatic carbocycles. The Morgan fingerprint density at radius 3 is 2.75 bits per heavy atom. The molecular weight excluding hydrogens is 206 g/mol. The van der Waals surface area contributed by atoms with E-state index in [1.807, 2.05) is 30.3 Å². The molecule has 0 fully saturated rings. The lowest BCUT2D eigenvalue weighted by Crippen LogP contribution is -2.07. The Bertz CT molecular complexity index is 434. The summed E-state index contributed by atoms with van der Waals surface area (Å²) in [7, 11) is 1.29. The zero-order valence-corrected chi connectivity index (χ0v) is 8.83. The van der Waals surface area contributed by atoms with Gasteiger partial charge in [-0.1, -0.05) is 35.4 Å². The zero-order valence-electron chi connectivity index (χ0n) is 8.83. The molecule has 0 aliphatic heterocycles. The number of esters is 1. The third kappa shape index (κ3) is 3.48. The second-order valence-corrected chi connectivity index (χ2v) is 2.96. The fraction of sp³-hybridized carbons (Fsp3) is 0.182. The molecule has 1 rings (SSSR count). The molecule has 0 atom stereocenters. The van der Waals surface area contributed by atoms with Crippen molar-refractivity contribution in [1.82, 2.24) is 0 Å². The highest BCUT2D eigenvalue weighted by Crippen LogP contribution is 2.08. The third-order valence-corrected chi connectivity index (χ3v) is 1.89. The van der Waals surface area contributed by atoms with Crippen molar-refractivity contribution < 1.29 is 9.53 Å². The van der Waals surface area contributed by atoms with E-state index in [9.17, 15) is 4.79 Å². The number of benzene rings is 1. The highest BCUT2D eigenvalue weighted by atomic mass is 16.5. The van der Waals surface area contributed by atoms with E-state index in [0.717, 1.165) is 5.56 Å². The molecule has 0 aromatic heterocycles. The molecule has 0 amide bonds. The van der Waals surface area contributed by atoms with Crippen molar-refractivity contribution in [1.29, 1.82) is 0 Å². The molecule has 5 nitrogen and oxygen atoms in total. The zero-order chi connectivity index (χ0) is 11.8. The third-order valence-electron chi connectivity index (χ3n) is 1.89. The molecule has 0 saturated carbocycles. The van der Waals surface area contributed by atoms with E-state index in [1.54, 1.807) is 6.08 Å². The van der Waals surface area contributed by atoms with Crippen LogP contribution < -0.4 is 0 Å². The minimum Gasteiger partial charge on any atom is -0.466 e. The van der Waals surface area contributed by atoms with Crippen molar-refractivity contribution >= 4 is 12.0 Å². The van der Waals surface area contributed by atoms with Gasteiger partial charge in [-0.2, -0.15) is 0 Å². The van der Waals surface area contributed by atoms with Gasteiger partial charge in [0.2, 0.25) is 0 Å². The van der Waals surface area contributed by atoms with E-state index in [4.69, 9.17) is 5.53 Å². The van der Waals surface area contributed by atoms with Gasteiger partial charge in [-0.25, -0.2) is 4.79 Å². The maximum absolute atomic E-state index is 11.3. The first kappa shape index (κ1) is 11.8. The van der Waals surface area contributed by atoms with E-state index < -0.39 is 5.97 Å². The Kier molecular flexibility index (Phi) is 4.63. The van der Waals surface area contributed by atoms with Crippen LogP contribution in [-0.4, -0.2) is 19.6 Å². The van der Waals surface area contributed by atoms with Crippen LogP contribution in [0.5, 0.6) is 0 Å². The van der Waals surface area contributed by atoms with E-state index >= 15 is 0 Å². The van der Waals surface area contributed by atoms with Crippen LogP contribution in [0.25, 0.3) is 16.5 Å². The van der Waals surface area contributed by atoms with Crippen molar-refractivity contribution in [3.63, 3.8) is 0 Å². The number of carbonyl (C=O) groups excluding carboxylic acids is 1. The van der Waals surface area contributed by atoms with Gasteiger partial charge in [0.05, 0.1) is 13.7 Å². The molecule has 0 bridgehead atoms. The largest absolute Gasteiger partial charge is 0.466 e. The maximum atomic E-state index is 11.3. The van der Waals surface area contributed by atoms with Gasteiger partial charge >= 0.3 is 5.97 Å². The molecule has 0 N–H and O–H groups in total. The van der Waals surface area contributed by atoms with Crippen LogP contribution >= 0.6 is 0 Å². The van der Waals surface area contributed by atoms with Crippen molar-refractivity contribution in [2.24, 2.45) is 5.11 Å². The van der Waals surface area contributed by atoms with Crippen LogP contribution in [0.1, 0.15) is 5.56 Å². The molecule has 5 heteroatoms. The van der Waals surface area contributed by atoms with Crippen molar-refractivity contribution in [3.05, 3.63) is 51.9 Å². The second-order valence-electron chi connectivity index (χ2n) is 2.96. The molecule has 1 aromatic rings. The van der Waals surface area contributed by atoms with Crippen LogP contribution in [0.15, 0.2) is 41.0 Å². The topological polar surface area (TPSA) is 75.1 Å². The minimum absolute atomic E-state index is 0.0158. The summed E-state index contributed by atoms with van der Waals surface area (Å²) in [6.45, 7) is -0.0158. The van der Waals surface area contributed by atoms with Crippen LogP contribution in [0.4, 0.5) is 0 Å². The Hall–Kier alpha value is -2.26. The first-order valence-electron chi connectivity index (χ1n) is 4.62. The summed E-state index contributed by atoms with van der Waals surface area (Å²) >= 11 is 0. The summed E-state index contributed by atoms with van der Waals surface area (Å²) in [5.41, 5.74) is 9.40. The number of azide groups is 1. The number of methoxy groups -OCH3 is 1. The molecule has 0 radical (unpaired) electrons. The van der Waals surface area contributed by atoms with E-state index in [2.05, 4.69) is 14.8 Å². The van der Waals surface area contributed by atoms with Crippen molar-refractivity contribution in [2.75, 3.05) is 13.7 Å². The number of carbonyl (C=O) groups is 1. The number of hydrogen-bond donors (Lipinski definition) is 0. The van der Waals surface area contributed by atoms with E-state index in [0.29, 0.717) is 5.57 Å². The first-order valence-corrected chi connectivity index (χ1v) is 4.62. The molecule has 0 spiro atoms. The Balaban J connectivity index is 2.96. The summed E-state index contributed by atoms with van der Waals surface area (Å²) < 4.78 is 4.59. The summed E-state index contributed by atoms with van der Waals surface area (Å²) in [6.07, 6.45) is 1.64. The Morgan fingerprint density at radius 2 is 2.19 bits per heavy atom. The number of hydrogen-bond acceptors (Lipinski definition) is 3. The lowest BCUT2D eigenvalue weighted by molar-refractivity contribution is -0.136. The van der Waals surface area contributed by atoms with Gasteiger partial charge < -0.3 is 4.74 Å². The highest BCUT2D eigenvalue weighted by Gasteiger charge is 2.07. The van der Waals surface area contributed by atoms with Crippen molar-refractivity contribution in [3.8, 4) is 0 Å². The summed E-state index contributed by atoms with van der Waals surface area (Å²) in [6, 6.07) is 9.28. The van der Waals surface area contributed by atoms with Gasteiger partial charge in [0.25, 0.3) is 0 Å². The van der Waals surface area contributed by atoms with Gasteiger partial charge in [-0.3, -0.25) is 0 Å². The molecule has 0 aliphatic rings. The second kappa shape index (κ2) is 6.27. The van der Waals surface area contributed by atoms with Gasteiger partial charge in [-0.15, -0.1) is 0 Å². The van der Waals surface area contributed by atoms with Gasteiger partial charge in [0, 0.05) is 10.5 Å². The maximum Gasteiger partial charge on any atom is 0.333 e. The molecule has 0 saturated heterocycles. The lowest BCUT2D eigenvalue weighted by Gasteiger charge is -2.01. The van der Waals surface area contributed by atoms with Gasteiger partial charge in [0.1, 0.15) is 0 Å². The smallest absolute Gasteiger partial charge is 0.333 e. The Labute approximate surface area is 93.0 Å². The summed E-state index contributed by atoms with van der Waals surface area (Å²) in [5, 5.41) is 3.35. The highest BCUT2D eigenvalue weighted by molar-refractivity contribution is 5.94. The van der Waals surface area contributed by atoms with Gasteiger partial charge in [0.15, 0.2) is 0 Å². The molecule has 1 aromatic carbocycles. The number of ether oxygens (including phenoxy) is 1. The Morgan fingerprint density at radius 1 is 1.50 bits per heavy atom. The van der Waals surface area contributed by atoms with Crippen LogP contribution in [0, 0.1) is 0 Å². The SMILES string of the molecule is COC(=O)/C(=C\c1ccccc1)CN=[N+]=[N-]. The average molecular weight is 217 g/mol. The predicted molar refractivity (Wildman–Crippen MR) is 60.4 cm³/mol. The molecule has 82 valence electrons. The predicted octanol–water partition coefficient (Wildman–Crippen LogP) is 2.55. The summed E-state index contributed by atoms with van der Waals surface area (Å²) in [5.74, 6) is -0.490. The van der Waals surface area contributed by atoms with Crippen LogP contribution in [-0.2, 0) is 9.53 Å². The average Bonchev–Trinajstić information content (AvgIpc) is 2.34. The minimum atomic E-state index is -0.490. The fourth-order valence-electron chi connectivity index (χ4n) is 1.16. The van der Waals surface area contributed by atoms with Gasteiger partial charge in [-0.05, 0) is 17.2 Å². The number of rotatable bonds is 4. The van der Waals surface area contributed by atoms with E-state index in [1.165, 1.54) is 7.11 Å². The van der Waals surface area contributed by atoms with Crippen LogP contribution in [0.3, 0.4) is 0 Å². The van der Waals surface area contributed by atoms with Crippen molar-refractivity contribution in [2.45, 2.75) is 0 Å². The van der Waals surface area contributed by atoms with Crippen LogP contribution in [0.2, 0.25) is 0 Å². The normalized spacial score (nSPS) is 10.4. The van der Waals surface area contributed by atoms with E-state index in [-0.39, 0.29) is 6.54 Å². The lowest BCUT2D eigenvalue weighted by atomic mass is 10.1. The molecule has 16 heavy (non-hydrogen) atoms. The molecule has 0 unspecified atom stereocenters. The summed E-state index contributed by atoms with van der Waals surface area (Å²) in [4.78, 5) is 14.0. The first-order chi connectivity index (χ1) is 7.77. The molecular formula is C11H11N3O2.